The topological polar surface area (TPSA) is 12.0 Å². The predicted molar refractivity (Wildman–Crippen MR) is 81.4 cm³/mol. The highest BCUT2D eigenvalue weighted by molar-refractivity contribution is 7.12. The third-order valence-corrected chi connectivity index (χ3v) is 5.67. The van der Waals surface area contributed by atoms with Crippen LogP contribution in [0, 0.1) is 5.92 Å². The van der Waals surface area contributed by atoms with Crippen molar-refractivity contribution in [1.29, 1.82) is 0 Å². The van der Waals surface area contributed by atoms with Gasteiger partial charge in [-0.25, -0.2) is 0 Å². The first-order valence-corrected chi connectivity index (χ1v) is 8.30. The fourth-order valence-corrected chi connectivity index (χ4v) is 4.12. The van der Waals surface area contributed by atoms with Gasteiger partial charge in [0, 0.05) is 21.7 Å². The SMILES string of the molecule is CCc1ccc(CC2(C(C)C)CCCCCN2)s1. The van der Waals surface area contributed by atoms with Gasteiger partial charge < -0.3 is 5.32 Å². The zero-order chi connectivity index (χ0) is 13.0. The molecule has 1 fully saturated rings. The molecular formula is C16H27NS. The molecule has 0 radical (unpaired) electrons. The van der Waals surface area contributed by atoms with E-state index in [1.807, 2.05) is 11.3 Å². The zero-order valence-corrected chi connectivity index (χ0v) is 12.9. The number of hydrogen-bond donors (Lipinski definition) is 1. The molecule has 1 aromatic heterocycles. The van der Waals surface area contributed by atoms with E-state index in [0.29, 0.717) is 11.5 Å². The molecule has 1 nitrogen and oxygen atoms in total. The minimum absolute atomic E-state index is 0.340. The second-order valence-electron chi connectivity index (χ2n) is 5.95. The summed E-state index contributed by atoms with van der Waals surface area (Å²) in [5.41, 5.74) is 0.340. The highest BCUT2D eigenvalue weighted by atomic mass is 32.1. The van der Waals surface area contributed by atoms with Gasteiger partial charge in [-0.2, -0.15) is 0 Å². The average Bonchev–Trinajstić information content (AvgIpc) is 2.66. The average molecular weight is 265 g/mol. The van der Waals surface area contributed by atoms with E-state index in [-0.39, 0.29) is 0 Å². The van der Waals surface area contributed by atoms with Crippen LogP contribution >= 0.6 is 11.3 Å². The Bertz CT molecular complexity index is 359. The Morgan fingerprint density at radius 3 is 2.67 bits per heavy atom. The molecule has 1 N–H and O–H groups in total. The van der Waals surface area contributed by atoms with E-state index >= 15 is 0 Å². The molecule has 0 bridgehead atoms. The number of thiophene rings is 1. The molecule has 1 atom stereocenters. The first-order valence-electron chi connectivity index (χ1n) is 7.49. The Balaban J connectivity index is 2.13. The molecule has 1 saturated heterocycles. The van der Waals surface area contributed by atoms with Crippen LogP contribution in [-0.2, 0) is 12.8 Å². The Morgan fingerprint density at radius 2 is 2.00 bits per heavy atom. The zero-order valence-electron chi connectivity index (χ0n) is 12.1. The second kappa shape index (κ2) is 6.21. The summed E-state index contributed by atoms with van der Waals surface area (Å²) in [6.45, 7) is 8.21. The predicted octanol–water partition coefficient (Wildman–Crippen LogP) is 4.41. The number of nitrogens with one attached hydrogen (secondary N) is 1. The lowest BCUT2D eigenvalue weighted by Crippen LogP contribution is -2.50. The Morgan fingerprint density at radius 1 is 1.22 bits per heavy atom. The van der Waals surface area contributed by atoms with Crippen LogP contribution in [0.3, 0.4) is 0 Å². The van der Waals surface area contributed by atoms with E-state index in [1.165, 1.54) is 49.9 Å². The monoisotopic (exact) mass is 265 g/mol. The largest absolute Gasteiger partial charge is 0.311 e. The lowest BCUT2D eigenvalue weighted by atomic mass is 9.79. The van der Waals surface area contributed by atoms with Crippen molar-refractivity contribution in [2.75, 3.05) is 6.54 Å². The summed E-state index contributed by atoms with van der Waals surface area (Å²) in [6, 6.07) is 4.66. The van der Waals surface area contributed by atoms with Crippen LogP contribution in [0.5, 0.6) is 0 Å². The molecule has 0 spiro atoms. The van der Waals surface area contributed by atoms with Crippen molar-refractivity contribution in [3.63, 3.8) is 0 Å². The van der Waals surface area contributed by atoms with Gasteiger partial charge in [-0.05, 0) is 43.9 Å². The van der Waals surface area contributed by atoms with Gasteiger partial charge in [0.05, 0.1) is 0 Å². The van der Waals surface area contributed by atoms with Crippen LogP contribution in [-0.4, -0.2) is 12.1 Å². The van der Waals surface area contributed by atoms with Gasteiger partial charge in [0.25, 0.3) is 0 Å². The minimum atomic E-state index is 0.340. The quantitative estimate of drug-likeness (QED) is 0.850. The summed E-state index contributed by atoms with van der Waals surface area (Å²) in [4.78, 5) is 3.09. The van der Waals surface area contributed by atoms with Crippen molar-refractivity contribution < 1.29 is 0 Å². The van der Waals surface area contributed by atoms with E-state index in [4.69, 9.17) is 0 Å². The van der Waals surface area contributed by atoms with Crippen molar-refractivity contribution >= 4 is 11.3 Å². The van der Waals surface area contributed by atoms with Crippen molar-refractivity contribution in [2.45, 2.75) is 64.8 Å². The van der Waals surface area contributed by atoms with Crippen molar-refractivity contribution in [3.05, 3.63) is 21.9 Å². The molecule has 0 saturated carbocycles. The molecule has 0 amide bonds. The Labute approximate surface area is 116 Å². The van der Waals surface area contributed by atoms with E-state index in [2.05, 4.69) is 38.2 Å². The molecule has 2 heterocycles. The van der Waals surface area contributed by atoms with Crippen LogP contribution in [0.2, 0.25) is 0 Å². The highest BCUT2D eigenvalue weighted by Gasteiger charge is 2.34. The third kappa shape index (κ3) is 3.16. The molecule has 2 rings (SSSR count). The first-order chi connectivity index (χ1) is 8.66. The molecule has 1 unspecified atom stereocenters. The molecule has 1 aliphatic rings. The molecule has 2 heteroatoms. The first kappa shape index (κ1) is 14.1. The van der Waals surface area contributed by atoms with Crippen LogP contribution in [0.1, 0.15) is 56.2 Å². The fourth-order valence-electron chi connectivity index (χ4n) is 3.03. The highest BCUT2D eigenvalue weighted by Crippen LogP contribution is 2.32. The van der Waals surface area contributed by atoms with Crippen LogP contribution in [0.25, 0.3) is 0 Å². The van der Waals surface area contributed by atoms with Gasteiger partial charge in [0.1, 0.15) is 0 Å². The Kier molecular flexibility index (Phi) is 4.85. The van der Waals surface area contributed by atoms with Gasteiger partial charge in [0.15, 0.2) is 0 Å². The van der Waals surface area contributed by atoms with Gasteiger partial charge in [-0.15, -0.1) is 11.3 Å². The van der Waals surface area contributed by atoms with E-state index < -0.39 is 0 Å². The van der Waals surface area contributed by atoms with E-state index in [0.717, 1.165) is 0 Å². The summed E-state index contributed by atoms with van der Waals surface area (Å²) in [5, 5.41) is 3.88. The van der Waals surface area contributed by atoms with Gasteiger partial charge in [-0.1, -0.05) is 33.6 Å². The maximum Gasteiger partial charge on any atom is 0.0252 e. The third-order valence-electron chi connectivity index (χ3n) is 4.44. The second-order valence-corrected chi connectivity index (χ2v) is 7.20. The van der Waals surface area contributed by atoms with E-state index in [9.17, 15) is 0 Å². The molecule has 1 aromatic rings. The molecule has 102 valence electrons. The van der Waals surface area contributed by atoms with Gasteiger partial charge in [-0.3, -0.25) is 0 Å². The standard InChI is InChI=1S/C16H27NS/c1-4-14-8-9-15(18-14)12-16(13(2)3)10-6-5-7-11-17-16/h8-9,13,17H,4-7,10-12H2,1-3H3. The van der Waals surface area contributed by atoms with Crippen LogP contribution in [0.4, 0.5) is 0 Å². The summed E-state index contributed by atoms with van der Waals surface area (Å²) < 4.78 is 0. The summed E-state index contributed by atoms with van der Waals surface area (Å²) in [7, 11) is 0. The van der Waals surface area contributed by atoms with Crippen molar-refractivity contribution in [1.82, 2.24) is 5.32 Å². The molecule has 0 aromatic carbocycles. The van der Waals surface area contributed by atoms with E-state index in [1.54, 1.807) is 4.88 Å². The number of hydrogen-bond acceptors (Lipinski definition) is 2. The lowest BCUT2D eigenvalue weighted by molar-refractivity contribution is 0.227. The lowest BCUT2D eigenvalue weighted by Gasteiger charge is -2.38. The van der Waals surface area contributed by atoms with Crippen LogP contribution < -0.4 is 5.32 Å². The summed E-state index contributed by atoms with van der Waals surface area (Å²) in [6.07, 6.45) is 7.86. The molecule has 18 heavy (non-hydrogen) atoms. The normalized spacial score (nSPS) is 25.3. The fraction of sp³-hybridized carbons (Fsp3) is 0.750. The number of aryl methyl sites for hydroxylation is 1. The summed E-state index contributed by atoms with van der Waals surface area (Å²) in [5.74, 6) is 0.711. The smallest absolute Gasteiger partial charge is 0.0252 e. The van der Waals surface area contributed by atoms with Gasteiger partial charge >= 0.3 is 0 Å². The molecule has 1 aliphatic heterocycles. The van der Waals surface area contributed by atoms with Crippen LogP contribution in [0.15, 0.2) is 12.1 Å². The maximum absolute atomic E-state index is 3.88. The molecule has 0 aliphatic carbocycles. The summed E-state index contributed by atoms with van der Waals surface area (Å²) >= 11 is 2.01. The van der Waals surface area contributed by atoms with Crippen molar-refractivity contribution in [2.24, 2.45) is 5.92 Å². The van der Waals surface area contributed by atoms with Gasteiger partial charge in [0.2, 0.25) is 0 Å². The molecular weight excluding hydrogens is 238 g/mol. The Hall–Kier alpha value is -0.340. The minimum Gasteiger partial charge on any atom is -0.311 e. The maximum atomic E-state index is 3.88. The van der Waals surface area contributed by atoms with Crippen molar-refractivity contribution in [3.8, 4) is 0 Å². The number of rotatable bonds is 4.